The van der Waals surface area contributed by atoms with Crippen LogP contribution in [0, 0.1) is 0 Å². The van der Waals surface area contributed by atoms with Crippen LogP contribution in [-0.2, 0) is 9.53 Å². The first kappa shape index (κ1) is 11.8. The molecule has 1 aliphatic rings. The van der Waals surface area contributed by atoms with Crippen LogP contribution >= 0.6 is 0 Å². The molecule has 15 heavy (non-hydrogen) atoms. The first-order valence-corrected chi connectivity index (χ1v) is 5.03. The molecule has 1 atom stereocenters. The molecule has 1 unspecified atom stereocenters. The van der Waals surface area contributed by atoms with Gasteiger partial charge < -0.3 is 20.6 Å². The van der Waals surface area contributed by atoms with E-state index in [1.54, 1.807) is 4.90 Å². The van der Waals surface area contributed by atoms with Gasteiger partial charge in [0.25, 0.3) is 0 Å². The van der Waals surface area contributed by atoms with Crippen molar-refractivity contribution in [3.8, 4) is 0 Å². The summed E-state index contributed by atoms with van der Waals surface area (Å²) >= 11 is 0. The van der Waals surface area contributed by atoms with Crippen molar-refractivity contribution in [2.24, 2.45) is 10.9 Å². The Kier molecular flexibility index (Phi) is 4.36. The van der Waals surface area contributed by atoms with Gasteiger partial charge in [0, 0.05) is 13.1 Å². The smallest absolute Gasteiger partial charge is 0.230 e. The highest BCUT2D eigenvalue weighted by Crippen LogP contribution is 2.09. The molecule has 1 saturated heterocycles. The lowest BCUT2D eigenvalue weighted by Crippen LogP contribution is -2.46. The number of rotatable bonds is 3. The lowest BCUT2D eigenvalue weighted by atomic mass is 10.2. The van der Waals surface area contributed by atoms with Crippen molar-refractivity contribution in [3.63, 3.8) is 0 Å². The molecule has 0 saturated carbocycles. The molecule has 6 nitrogen and oxygen atoms in total. The zero-order valence-electron chi connectivity index (χ0n) is 8.85. The third kappa shape index (κ3) is 3.39. The summed E-state index contributed by atoms with van der Waals surface area (Å²) in [6.07, 6.45) is 0.954. The number of nitrogens with two attached hydrogens (primary N) is 1. The van der Waals surface area contributed by atoms with Crippen LogP contribution in [0.2, 0.25) is 0 Å². The van der Waals surface area contributed by atoms with Crippen LogP contribution in [0.1, 0.15) is 19.8 Å². The number of oxime groups is 1. The molecular weight excluding hydrogens is 198 g/mol. The van der Waals surface area contributed by atoms with E-state index >= 15 is 0 Å². The van der Waals surface area contributed by atoms with Crippen LogP contribution in [0.25, 0.3) is 0 Å². The number of hydrogen-bond donors (Lipinski definition) is 2. The molecule has 0 radical (unpaired) electrons. The van der Waals surface area contributed by atoms with Gasteiger partial charge >= 0.3 is 0 Å². The predicted octanol–water partition coefficient (Wildman–Crippen LogP) is -0.240. The fourth-order valence-electron chi connectivity index (χ4n) is 1.49. The molecule has 0 aromatic rings. The summed E-state index contributed by atoms with van der Waals surface area (Å²) in [4.78, 5) is 13.3. The first-order valence-electron chi connectivity index (χ1n) is 5.03. The molecule has 0 bridgehead atoms. The highest BCUT2D eigenvalue weighted by atomic mass is 16.5. The summed E-state index contributed by atoms with van der Waals surface area (Å²) in [6.45, 7) is 3.74. The number of carbonyl (C=O) groups excluding carboxylic acids is 1. The Labute approximate surface area is 88.7 Å². The van der Waals surface area contributed by atoms with Crippen LogP contribution < -0.4 is 5.73 Å². The van der Waals surface area contributed by atoms with E-state index in [1.807, 2.05) is 6.92 Å². The van der Waals surface area contributed by atoms with Crippen LogP contribution in [0.4, 0.5) is 0 Å². The van der Waals surface area contributed by atoms with Crippen molar-refractivity contribution in [2.45, 2.75) is 25.9 Å². The van der Waals surface area contributed by atoms with E-state index in [-0.39, 0.29) is 24.3 Å². The summed E-state index contributed by atoms with van der Waals surface area (Å²) in [5.74, 6) is -0.174. The maximum atomic E-state index is 11.6. The summed E-state index contributed by atoms with van der Waals surface area (Å²) < 4.78 is 5.43. The number of nitrogens with zero attached hydrogens (tertiary/aromatic N) is 2. The fraction of sp³-hybridized carbons (Fsp3) is 0.778. The normalized spacial score (nSPS) is 22.9. The molecule has 3 N–H and O–H groups in total. The number of morpholine rings is 1. The Morgan fingerprint density at radius 2 is 2.47 bits per heavy atom. The number of ether oxygens (including phenoxy) is 1. The Morgan fingerprint density at radius 1 is 1.73 bits per heavy atom. The van der Waals surface area contributed by atoms with E-state index in [4.69, 9.17) is 15.7 Å². The number of carbonyl (C=O) groups is 1. The van der Waals surface area contributed by atoms with Crippen LogP contribution in [0.3, 0.4) is 0 Å². The Morgan fingerprint density at radius 3 is 3.07 bits per heavy atom. The Balaban J connectivity index is 2.45. The summed E-state index contributed by atoms with van der Waals surface area (Å²) in [7, 11) is 0. The lowest BCUT2D eigenvalue weighted by Gasteiger charge is -2.32. The predicted molar refractivity (Wildman–Crippen MR) is 54.6 cm³/mol. The van der Waals surface area contributed by atoms with E-state index in [9.17, 15) is 4.79 Å². The molecule has 1 rings (SSSR count). The van der Waals surface area contributed by atoms with Gasteiger partial charge in [0.1, 0.15) is 5.84 Å². The van der Waals surface area contributed by atoms with Gasteiger partial charge in [-0.1, -0.05) is 12.1 Å². The van der Waals surface area contributed by atoms with Crippen LogP contribution in [-0.4, -0.2) is 47.7 Å². The molecular formula is C9H17N3O3. The second kappa shape index (κ2) is 5.55. The molecule has 6 heteroatoms. The second-order valence-electron chi connectivity index (χ2n) is 3.51. The minimum atomic E-state index is -0.118. The first-order chi connectivity index (χ1) is 7.17. The molecule has 0 spiro atoms. The van der Waals surface area contributed by atoms with Crippen molar-refractivity contribution >= 4 is 11.7 Å². The van der Waals surface area contributed by atoms with Crippen LogP contribution in [0.15, 0.2) is 5.16 Å². The minimum Gasteiger partial charge on any atom is -0.409 e. The van der Waals surface area contributed by atoms with Crippen LogP contribution in [0.5, 0.6) is 0 Å². The van der Waals surface area contributed by atoms with Gasteiger partial charge in [0.2, 0.25) is 5.91 Å². The molecule has 1 aliphatic heterocycles. The summed E-state index contributed by atoms with van der Waals surface area (Å²) in [6, 6.07) is 0. The van der Waals surface area contributed by atoms with Gasteiger partial charge in [-0.15, -0.1) is 0 Å². The van der Waals surface area contributed by atoms with Crippen molar-refractivity contribution in [1.82, 2.24) is 4.90 Å². The lowest BCUT2D eigenvalue weighted by molar-refractivity contribution is -0.137. The van der Waals surface area contributed by atoms with E-state index in [0.717, 1.165) is 6.42 Å². The monoisotopic (exact) mass is 215 g/mol. The van der Waals surface area contributed by atoms with E-state index < -0.39 is 0 Å². The van der Waals surface area contributed by atoms with Crippen molar-refractivity contribution in [1.29, 1.82) is 0 Å². The molecule has 0 aromatic carbocycles. The van der Waals surface area contributed by atoms with E-state index in [1.165, 1.54) is 0 Å². The maximum Gasteiger partial charge on any atom is 0.230 e. The quantitative estimate of drug-likeness (QED) is 0.294. The van der Waals surface area contributed by atoms with Crippen molar-refractivity contribution < 1.29 is 14.7 Å². The zero-order valence-corrected chi connectivity index (χ0v) is 8.85. The highest BCUT2D eigenvalue weighted by Gasteiger charge is 2.23. The van der Waals surface area contributed by atoms with Gasteiger partial charge in [0.15, 0.2) is 0 Å². The minimum absolute atomic E-state index is 0.0348. The van der Waals surface area contributed by atoms with Gasteiger partial charge in [-0.2, -0.15) is 0 Å². The largest absolute Gasteiger partial charge is 0.409 e. The summed E-state index contributed by atoms with van der Waals surface area (Å²) in [5, 5.41) is 11.1. The number of hydrogen-bond acceptors (Lipinski definition) is 4. The Bertz CT molecular complexity index is 255. The second-order valence-corrected chi connectivity index (χ2v) is 3.51. The molecule has 0 aliphatic carbocycles. The molecule has 86 valence electrons. The van der Waals surface area contributed by atoms with Gasteiger partial charge in [-0.25, -0.2) is 0 Å². The highest BCUT2D eigenvalue weighted by molar-refractivity contribution is 5.98. The summed E-state index contributed by atoms with van der Waals surface area (Å²) in [5.41, 5.74) is 5.27. The van der Waals surface area contributed by atoms with E-state index in [2.05, 4.69) is 5.16 Å². The molecule has 1 fully saturated rings. The van der Waals surface area contributed by atoms with Crippen molar-refractivity contribution in [2.75, 3.05) is 19.7 Å². The number of amidine groups is 1. The van der Waals surface area contributed by atoms with Crippen molar-refractivity contribution in [3.05, 3.63) is 0 Å². The van der Waals surface area contributed by atoms with E-state index in [0.29, 0.717) is 19.7 Å². The molecule has 1 amide bonds. The third-order valence-electron chi connectivity index (χ3n) is 2.41. The molecule has 0 aromatic heterocycles. The average Bonchev–Trinajstić information content (AvgIpc) is 2.28. The van der Waals surface area contributed by atoms with Gasteiger partial charge in [-0.3, -0.25) is 4.79 Å². The SMILES string of the molecule is CCC1CN(C(=O)C/C(N)=N/O)CCO1. The average molecular weight is 215 g/mol. The number of amides is 1. The van der Waals surface area contributed by atoms with Gasteiger partial charge in [-0.05, 0) is 6.42 Å². The fourth-order valence-corrected chi connectivity index (χ4v) is 1.49. The van der Waals surface area contributed by atoms with Gasteiger partial charge in [0.05, 0.1) is 19.1 Å². The maximum absolute atomic E-state index is 11.6. The Hall–Kier alpha value is -1.30. The molecule has 1 heterocycles. The topological polar surface area (TPSA) is 88.2 Å². The third-order valence-corrected chi connectivity index (χ3v) is 2.41. The standard InChI is InChI=1S/C9H17N3O3/c1-2-7-6-12(3-4-15-7)9(13)5-8(10)11-14/h7,14H,2-6H2,1H3,(H2,10,11). The zero-order chi connectivity index (χ0) is 11.3.